The van der Waals surface area contributed by atoms with Crippen molar-refractivity contribution in [1.29, 1.82) is 0 Å². The van der Waals surface area contributed by atoms with E-state index in [0.717, 1.165) is 34.3 Å². The van der Waals surface area contributed by atoms with Gasteiger partial charge in [0.1, 0.15) is 5.01 Å². The van der Waals surface area contributed by atoms with Gasteiger partial charge in [0.05, 0.1) is 0 Å². The van der Waals surface area contributed by atoms with E-state index in [4.69, 9.17) is 0 Å². The highest BCUT2D eigenvalue weighted by Crippen LogP contribution is 2.32. The molecule has 1 aromatic heterocycles. The van der Waals surface area contributed by atoms with Crippen LogP contribution in [0.25, 0.3) is 10.6 Å². The minimum absolute atomic E-state index is 0.148. The maximum atomic E-state index is 12.4. The number of carbonyl (C=O) groups is 2. The molecular weight excluding hydrogens is 428 g/mol. The number of benzene rings is 1. The smallest absolute Gasteiger partial charge is 0.227 e. The molecule has 1 aromatic carbocycles. The van der Waals surface area contributed by atoms with Crippen LogP contribution in [0.15, 0.2) is 28.7 Å². The summed E-state index contributed by atoms with van der Waals surface area (Å²) in [4.78, 5) is 26.6. The summed E-state index contributed by atoms with van der Waals surface area (Å²) in [5, 5.41) is 12.2. The Balaban J connectivity index is 1.55. The zero-order valence-electron chi connectivity index (χ0n) is 15.4. The van der Waals surface area contributed by atoms with E-state index < -0.39 is 0 Å². The molecule has 1 fully saturated rings. The summed E-state index contributed by atoms with van der Waals surface area (Å²) in [6, 6.07) is 7.93. The first kappa shape index (κ1) is 19.9. The Hall–Kier alpha value is -1.80. The Morgan fingerprint density at radius 1 is 1.30 bits per heavy atom. The second kappa shape index (κ2) is 8.93. The van der Waals surface area contributed by atoms with Crippen molar-refractivity contribution in [2.24, 2.45) is 5.92 Å². The number of aromatic nitrogens is 2. The molecule has 27 heavy (non-hydrogen) atoms. The van der Waals surface area contributed by atoms with Crippen molar-refractivity contribution in [1.82, 2.24) is 15.1 Å². The normalized spacial score (nSPS) is 14.6. The molecule has 1 atom stereocenters. The van der Waals surface area contributed by atoms with E-state index in [0.29, 0.717) is 11.7 Å². The van der Waals surface area contributed by atoms with Gasteiger partial charge in [-0.2, -0.15) is 0 Å². The highest BCUT2D eigenvalue weighted by Gasteiger charge is 2.34. The van der Waals surface area contributed by atoms with Crippen LogP contribution < -0.4 is 5.32 Å². The number of anilines is 1. The standard InChI is InChI=1S/C19H23BrN4O2S/c1-3-12(2)24(18(26)14-4-5-14)11-10-16(25)21-19-23-22-17(27-19)13-6-8-15(20)9-7-13/h6-9,12,14H,3-5,10-11H2,1-2H3,(H,21,23,25). The van der Waals surface area contributed by atoms with Crippen molar-refractivity contribution in [2.75, 3.05) is 11.9 Å². The van der Waals surface area contributed by atoms with Crippen molar-refractivity contribution < 1.29 is 9.59 Å². The average molecular weight is 451 g/mol. The van der Waals surface area contributed by atoms with Gasteiger partial charge < -0.3 is 10.2 Å². The summed E-state index contributed by atoms with van der Waals surface area (Å²) in [7, 11) is 0. The van der Waals surface area contributed by atoms with Crippen LogP contribution >= 0.6 is 27.3 Å². The van der Waals surface area contributed by atoms with E-state index >= 15 is 0 Å². The van der Waals surface area contributed by atoms with Gasteiger partial charge in [-0.05, 0) is 38.3 Å². The summed E-state index contributed by atoms with van der Waals surface area (Å²) >= 11 is 4.74. The minimum Gasteiger partial charge on any atom is -0.339 e. The maximum absolute atomic E-state index is 12.4. The minimum atomic E-state index is -0.148. The van der Waals surface area contributed by atoms with Crippen molar-refractivity contribution in [3.63, 3.8) is 0 Å². The molecule has 1 aliphatic rings. The molecule has 0 spiro atoms. The van der Waals surface area contributed by atoms with Crippen molar-refractivity contribution in [3.8, 4) is 10.6 Å². The first-order valence-corrected chi connectivity index (χ1v) is 10.8. The maximum Gasteiger partial charge on any atom is 0.227 e. The van der Waals surface area contributed by atoms with Crippen LogP contribution in [-0.4, -0.2) is 39.5 Å². The van der Waals surface area contributed by atoms with Gasteiger partial charge in [-0.25, -0.2) is 0 Å². The number of amides is 2. The summed E-state index contributed by atoms with van der Waals surface area (Å²) < 4.78 is 0.996. The Bertz CT molecular complexity index is 804. The lowest BCUT2D eigenvalue weighted by molar-refractivity contribution is -0.135. The van der Waals surface area contributed by atoms with Gasteiger partial charge >= 0.3 is 0 Å². The van der Waals surface area contributed by atoms with E-state index in [9.17, 15) is 9.59 Å². The van der Waals surface area contributed by atoms with Gasteiger partial charge in [0, 0.05) is 35.0 Å². The van der Waals surface area contributed by atoms with Crippen LogP contribution in [-0.2, 0) is 9.59 Å². The molecule has 1 unspecified atom stereocenters. The van der Waals surface area contributed by atoms with Crippen molar-refractivity contribution >= 4 is 44.2 Å². The molecule has 8 heteroatoms. The predicted octanol–water partition coefficient (Wildman–Crippen LogP) is 4.33. The van der Waals surface area contributed by atoms with Crippen LogP contribution in [0.4, 0.5) is 5.13 Å². The Morgan fingerprint density at radius 3 is 2.63 bits per heavy atom. The van der Waals surface area contributed by atoms with Crippen LogP contribution in [0.3, 0.4) is 0 Å². The highest BCUT2D eigenvalue weighted by molar-refractivity contribution is 9.10. The van der Waals surface area contributed by atoms with Crippen LogP contribution in [0.2, 0.25) is 0 Å². The molecule has 144 valence electrons. The van der Waals surface area contributed by atoms with Crippen LogP contribution in [0.1, 0.15) is 39.5 Å². The molecule has 3 rings (SSSR count). The molecule has 6 nitrogen and oxygen atoms in total. The largest absolute Gasteiger partial charge is 0.339 e. The SMILES string of the molecule is CCC(C)N(CCC(=O)Nc1nnc(-c2ccc(Br)cc2)s1)C(=O)C1CC1. The summed E-state index contributed by atoms with van der Waals surface area (Å²) in [6.07, 6.45) is 3.09. The summed E-state index contributed by atoms with van der Waals surface area (Å²) in [6.45, 7) is 4.53. The fraction of sp³-hybridized carbons (Fsp3) is 0.474. The van der Waals surface area contributed by atoms with E-state index in [2.05, 4.69) is 38.4 Å². The molecular formula is C19H23BrN4O2S. The lowest BCUT2D eigenvalue weighted by Gasteiger charge is -2.28. The number of rotatable bonds is 8. The number of nitrogens with zero attached hydrogens (tertiary/aromatic N) is 3. The van der Waals surface area contributed by atoms with E-state index in [1.54, 1.807) is 0 Å². The first-order valence-electron chi connectivity index (χ1n) is 9.17. The zero-order chi connectivity index (χ0) is 19.4. The number of hydrogen-bond acceptors (Lipinski definition) is 5. The second-order valence-corrected chi connectivity index (χ2v) is 8.67. The van der Waals surface area contributed by atoms with Gasteiger partial charge in [-0.3, -0.25) is 9.59 Å². The third-order valence-corrected chi connectivity index (χ3v) is 6.09. The molecule has 0 aliphatic heterocycles. The quantitative estimate of drug-likeness (QED) is 0.648. The van der Waals surface area contributed by atoms with Gasteiger partial charge in [0.2, 0.25) is 16.9 Å². The van der Waals surface area contributed by atoms with Crippen LogP contribution in [0.5, 0.6) is 0 Å². The predicted molar refractivity (Wildman–Crippen MR) is 110 cm³/mol. The highest BCUT2D eigenvalue weighted by atomic mass is 79.9. The topological polar surface area (TPSA) is 75.2 Å². The lowest BCUT2D eigenvalue weighted by Crippen LogP contribution is -2.41. The molecule has 2 aromatic rings. The zero-order valence-corrected chi connectivity index (χ0v) is 17.8. The monoisotopic (exact) mass is 450 g/mol. The van der Waals surface area contributed by atoms with Crippen molar-refractivity contribution in [2.45, 2.75) is 45.6 Å². The summed E-state index contributed by atoms with van der Waals surface area (Å²) in [5.41, 5.74) is 0.953. The van der Waals surface area contributed by atoms with Crippen molar-refractivity contribution in [3.05, 3.63) is 28.7 Å². The van der Waals surface area contributed by atoms with E-state index in [1.165, 1.54) is 11.3 Å². The number of carbonyl (C=O) groups excluding carboxylic acids is 2. The Labute approximate surface area is 171 Å². The van der Waals surface area contributed by atoms with Crippen LogP contribution in [0, 0.1) is 5.92 Å². The fourth-order valence-electron chi connectivity index (χ4n) is 2.72. The average Bonchev–Trinajstić information content (AvgIpc) is 3.42. The lowest BCUT2D eigenvalue weighted by atomic mass is 10.2. The molecule has 2 amide bonds. The Morgan fingerprint density at radius 2 is 2.00 bits per heavy atom. The number of hydrogen-bond donors (Lipinski definition) is 1. The molecule has 1 saturated carbocycles. The second-order valence-electron chi connectivity index (χ2n) is 6.78. The van der Waals surface area contributed by atoms with E-state index in [1.807, 2.05) is 36.1 Å². The molecule has 1 aliphatic carbocycles. The third kappa shape index (κ3) is 5.35. The molecule has 1 heterocycles. The number of nitrogens with one attached hydrogen (secondary N) is 1. The van der Waals surface area contributed by atoms with Gasteiger partial charge in [-0.15, -0.1) is 10.2 Å². The summed E-state index contributed by atoms with van der Waals surface area (Å²) in [5.74, 6) is 0.203. The van der Waals surface area contributed by atoms with Gasteiger partial charge in [0.15, 0.2) is 0 Å². The molecule has 1 N–H and O–H groups in total. The van der Waals surface area contributed by atoms with E-state index in [-0.39, 0.29) is 30.2 Å². The third-order valence-electron chi connectivity index (χ3n) is 4.67. The molecule has 0 bridgehead atoms. The Kier molecular flexibility index (Phi) is 6.59. The molecule has 0 radical (unpaired) electrons. The van der Waals surface area contributed by atoms with Gasteiger partial charge in [0.25, 0.3) is 0 Å². The first-order chi connectivity index (χ1) is 13.0. The number of halogens is 1. The fourth-order valence-corrected chi connectivity index (χ4v) is 3.75. The molecule has 0 saturated heterocycles. The van der Waals surface area contributed by atoms with Gasteiger partial charge in [-0.1, -0.05) is 46.3 Å².